The SMILES string of the molecule is COc1cccc(NS(C)(=O)=O)c1CC(C)C. The van der Waals surface area contributed by atoms with Gasteiger partial charge in [0.1, 0.15) is 5.75 Å². The zero-order valence-electron chi connectivity index (χ0n) is 10.6. The van der Waals surface area contributed by atoms with Crippen LogP contribution in [0.4, 0.5) is 5.69 Å². The van der Waals surface area contributed by atoms with Crippen LogP contribution in [0.2, 0.25) is 0 Å². The molecule has 17 heavy (non-hydrogen) atoms. The summed E-state index contributed by atoms with van der Waals surface area (Å²) in [6.45, 7) is 4.16. The molecule has 4 nitrogen and oxygen atoms in total. The molecule has 0 spiro atoms. The van der Waals surface area contributed by atoms with Crippen LogP contribution < -0.4 is 9.46 Å². The van der Waals surface area contributed by atoms with Gasteiger partial charge in [0, 0.05) is 5.56 Å². The van der Waals surface area contributed by atoms with Crippen LogP contribution >= 0.6 is 0 Å². The highest BCUT2D eigenvalue weighted by Crippen LogP contribution is 2.29. The number of rotatable bonds is 5. The van der Waals surface area contributed by atoms with Gasteiger partial charge in [-0.3, -0.25) is 4.72 Å². The van der Waals surface area contributed by atoms with Gasteiger partial charge >= 0.3 is 0 Å². The number of hydrogen-bond acceptors (Lipinski definition) is 3. The Morgan fingerprint density at radius 3 is 2.47 bits per heavy atom. The van der Waals surface area contributed by atoms with E-state index in [1.54, 1.807) is 19.2 Å². The van der Waals surface area contributed by atoms with Crippen LogP contribution in [0.1, 0.15) is 19.4 Å². The summed E-state index contributed by atoms with van der Waals surface area (Å²) >= 11 is 0. The van der Waals surface area contributed by atoms with E-state index in [0.717, 1.165) is 18.2 Å². The van der Waals surface area contributed by atoms with E-state index in [-0.39, 0.29) is 0 Å². The molecule has 1 N–H and O–H groups in total. The second-order valence-electron chi connectivity index (χ2n) is 4.46. The average Bonchev–Trinajstić information content (AvgIpc) is 2.17. The first kappa shape index (κ1) is 13.8. The third-order valence-electron chi connectivity index (χ3n) is 2.26. The maximum absolute atomic E-state index is 11.3. The van der Waals surface area contributed by atoms with E-state index < -0.39 is 10.0 Å². The highest BCUT2D eigenvalue weighted by Gasteiger charge is 2.13. The Morgan fingerprint density at radius 2 is 2.00 bits per heavy atom. The van der Waals surface area contributed by atoms with E-state index in [4.69, 9.17) is 4.74 Å². The zero-order chi connectivity index (χ0) is 13.1. The van der Waals surface area contributed by atoms with Gasteiger partial charge in [0.15, 0.2) is 0 Å². The molecule has 0 aliphatic rings. The highest BCUT2D eigenvalue weighted by atomic mass is 32.2. The number of hydrogen-bond donors (Lipinski definition) is 1. The first-order valence-electron chi connectivity index (χ1n) is 5.47. The molecule has 0 aliphatic heterocycles. The Hall–Kier alpha value is -1.23. The summed E-state index contributed by atoms with van der Waals surface area (Å²) < 4.78 is 30.4. The molecule has 0 amide bonds. The van der Waals surface area contributed by atoms with Crippen molar-refractivity contribution in [1.82, 2.24) is 0 Å². The number of benzene rings is 1. The normalized spacial score (nSPS) is 11.6. The van der Waals surface area contributed by atoms with Gasteiger partial charge < -0.3 is 4.74 Å². The molecule has 0 aliphatic carbocycles. The van der Waals surface area contributed by atoms with E-state index in [1.807, 2.05) is 6.07 Å². The minimum atomic E-state index is -3.27. The summed E-state index contributed by atoms with van der Waals surface area (Å²) in [6.07, 6.45) is 1.91. The van der Waals surface area contributed by atoms with Crippen LogP contribution in [-0.4, -0.2) is 21.8 Å². The minimum Gasteiger partial charge on any atom is -0.496 e. The molecule has 0 heterocycles. The van der Waals surface area contributed by atoms with Crippen LogP contribution in [0.5, 0.6) is 5.75 Å². The van der Waals surface area contributed by atoms with Crippen molar-refractivity contribution in [2.75, 3.05) is 18.1 Å². The lowest BCUT2D eigenvalue weighted by molar-refractivity contribution is 0.407. The predicted molar refractivity (Wildman–Crippen MR) is 70.0 cm³/mol. The first-order chi connectivity index (χ1) is 7.83. The molecular weight excluding hydrogens is 238 g/mol. The third kappa shape index (κ3) is 4.26. The van der Waals surface area contributed by atoms with Gasteiger partial charge in [0.2, 0.25) is 10.0 Å². The van der Waals surface area contributed by atoms with Crippen LogP contribution in [0.3, 0.4) is 0 Å². The molecule has 0 atom stereocenters. The largest absolute Gasteiger partial charge is 0.496 e. The fourth-order valence-corrected chi connectivity index (χ4v) is 2.26. The lowest BCUT2D eigenvalue weighted by atomic mass is 10.0. The van der Waals surface area contributed by atoms with Crippen molar-refractivity contribution in [3.8, 4) is 5.75 Å². The smallest absolute Gasteiger partial charge is 0.229 e. The van der Waals surface area contributed by atoms with Crippen molar-refractivity contribution in [3.05, 3.63) is 23.8 Å². The van der Waals surface area contributed by atoms with E-state index >= 15 is 0 Å². The van der Waals surface area contributed by atoms with Gasteiger partial charge in [-0.25, -0.2) is 8.42 Å². The summed E-state index contributed by atoms with van der Waals surface area (Å²) in [4.78, 5) is 0. The van der Waals surface area contributed by atoms with Crippen LogP contribution in [0, 0.1) is 5.92 Å². The number of nitrogens with one attached hydrogen (secondary N) is 1. The Morgan fingerprint density at radius 1 is 1.35 bits per heavy atom. The molecule has 0 aromatic heterocycles. The van der Waals surface area contributed by atoms with Gasteiger partial charge in [0.05, 0.1) is 19.1 Å². The van der Waals surface area contributed by atoms with Gasteiger partial charge in [-0.05, 0) is 24.5 Å². The number of methoxy groups -OCH3 is 1. The monoisotopic (exact) mass is 257 g/mol. The maximum Gasteiger partial charge on any atom is 0.229 e. The molecule has 1 aromatic rings. The molecule has 0 radical (unpaired) electrons. The predicted octanol–water partition coefficient (Wildman–Crippen LogP) is 2.27. The van der Waals surface area contributed by atoms with Gasteiger partial charge in [-0.1, -0.05) is 19.9 Å². The molecule has 0 bridgehead atoms. The lowest BCUT2D eigenvalue weighted by Crippen LogP contribution is -2.12. The van der Waals surface area contributed by atoms with Crippen LogP contribution in [-0.2, 0) is 16.4 Å². The molecule has 5 heteroatoms. The minimum absolute atomic E-state index is 0.423. The average molecular weight is 257 g/mol. The van der Waals surface area contributed by atoms with Crippen LogP contribution in [0.25, 0.3) is 0 Å². The molecule has 96 valence electrons. The van der Waals surface area contributed by atoms with Crippen LogP contribution in [0.15, 0.2) is 18.2 Å². The second-order valence-corrected chi connectivity index (χ2v) is 6.21. The quantitative estimate of drug-likeness (QED) is 0.880. The summed E-state index contributed by atoms with van der Waals surface area (Å²) in [5, 5.41) is 0. The van der Waals surface area contributed by atoms with Gasteiger partial charge in [-0.15, -0.1) is 0 Å². The zero-order valence-corrected chi connectivity index (χ0v) is 11.5. The van der Waals surface area contributed by atoms with Crippen molar-refractivity contribution in [1.29, 1.82) is 0 Å². The Balaban J connectivity index is 3.19. The summed E-state index contributed by atoms with van der Waals surface area (Å²) in [5.41, 5.74) is 1.50. The first-order valence-corrected chi connectivity index (χ1v) is 7.36. The van der Waals surface area contributed by atoms with Crippen molar-refractivity contribution in [3.63, 3.8) is 0 Å². The van der Waals surface area contributed by atoms with Crippen molar-refractivity contribution >= 4 is 15.7 Å². The van der Waals surface area contributed by atoms with Crippen molar-refractivity contribution in [2.45, 2.75) is 20.3 Å². The number of anilines is 1. The fraction of sp³-hybridized carbons (Fsp3) is 0.500. The molecule has 0 saturated heterocycles. The number of sulfonamides is 1. The van der Waals surface area contributed by atoms with Crippen molar-refractivity contribution in [2.24, 2.45) is 5.92 Å². The topological polar surface area (TPSA) is 55.4 Å². The van der Waals surface area contributed by atoms with E-state index in [9.17, 15) is 8.42 Å². The Bertz CT molecular complexity index is 481. The summed E-state index contributed by atoms with van der Waals surface area (Å²) in [5.74, 6) is 1.14. The fourth-order valence-electron chi connectivity index (χ4n) is 1.67. The maximum atomic E-state index is 11.3. The molecule has 1 aromatic carbocycles. The molecule has 0 unspecified atom stereocenters. The third-order valence-corrected chi connectivity index (χ3v) is 2.85. The summed E-state index contributed by atoms with van der Waals surface area (Å²) in [6, 6.07) is 5.36. The van der Waals surface area contributed by atoms with E-state index in [0.29, 0.717) is 17.4 Å². The molecular formula is C12H19NO3S. The van der Waals surface area contributed by atoms with Gasteiger partial charge in [-0.2, -0.15) is 0 Å². The van der Waals surface area contributed by atoms with Crippen molar-refractivity contribution < 1.29 is 13.2 Å². The molecule has 1 rings (SSSR count). The Labute approximate surface area is 103 Å². The molecule has 0 saturated carbocycles. The lowest BCUT2D eigenvalue weighted by Gasteiger charge is -2.16. The highest BCUT2D eigenvalue weighted by molar-refractivity contribution is 7.92. The number of ether oxygens (including phenoxy) is 1. The Kier molecular flexibility index (Phi) is 4.40. The standard InChI is InChI=1S/C12H19NO3S/c1-9(2)8-10-11(13-17(4,14)15)6-5-7-12(10)16-3/h5-7,9,13H,8H2,1-4H3. The molecule has 0 fully saturated rings. The summed E-state index contributed by atoms with van der Waals surface area (Å²) in [7, 11) is -1.68. The van der Waals surface area contributed by atoms with E-state index in [2.05, 4.69) is 18.6 Å². The van der Waals surface area contributed by atoms with Gasteiger partial charge in [0.25, 0.3) is 0 Å². The van der Waals surface area contributed by atoms with E-state index in [1.165, 1.54) is 0 Å². The second kappa shape index (κ2) is 5.40.